The molecule has 0 aromatic carbocycles. The van der Waals surface area contributed by atoms with E-state index in [1.807, 2.05) is 0 Å². The van der Waals surface area contributed by atoms with Crippen LogP contribution in [0.1, 0.15) is 46.2 Å². The zero-order valence-corrected chi connectivity index (χ0v) is 12.1. The quantitative estimate of drug-likeness (QED) is 0.849. The molecular weight excluding hydrogens is 282 g/mol. The number of hydrogen-bond donors (Lipinski definition) is 2. The lowest BCUT2D eigenvalue weighted by molar-refractivity contribution is 0.0756. The highest BCUT2D eigenvalue weighted by atomic mass is 16.2. The molecule has 1 amide bonds. The maximum absolute atomic E-state index is 12.5. The van der Waals surface area contributed by atoms with E-state index in [2.05, 4.69) is 20.2 Å². The topological polar surface area (TPSA) is 94.7 Å². The van der Waals surface area contributed by atoms with Crippen LogP contribution in [0.3, 0.4) is 0 Å². The van der Waals surface area contributed by atoms with Crippen LogP contribution >= 0.6 is 0 Å². The van der Waals surface area contributed by atoms with Crippen molar-refractivity contribution < 1.29 is 4.79 Å². The van der Waals surface area contributed by atoms with Crippen molar-refractivity contribution in [2.24, 2.45) is 0 Å². The minimum absolute atomic E-state index is 0.137. The summed E-state index contributed by atoms with van der Waals surface area (Å²) >= 11 is 0. The molecule has 1 aliphatic heterocycles. The molecule has 1 saturated carbocycles. The second kappa shape index (κ2) is 5.08. The van der Waals surface area contributed by atoms with Gasteiger partial charge in [0, 0.05) is 37.3 Å². The van der Waals surface area contributed by atoms with Gasteiger partial charge in [-0.1, -0.05) is 0 Å². The summed E-state index contributed by atoms with van der Waals surface area (Å²) in [5.74, 6) is 0.477. The van der Waals surface area contributed by atoms with E-state index in [9.17, 15) is 9.59 Å². The fourth-order valence-corrected chi connectivity index (χ4v) is 3.03. The molecule has 0 unspecified atom stereocenters. The second-order valence-electron chi connectivity index (χ2n) is 5.93. The Morgan fingerprint density at radius 3 is 2.82 bits per heavy atom. The Bertz CT molecular complexity index is 754. The molecule has 2 aliphatic rings. The lowest BCUT2D eigenvalue weighted by Gasteiger charge is -2.19. The third kappa shape index (κ3) is 2.32. The van der Waals surface area contributed by atoms with Crippen molar-refractivity contribution in [3.8, 4) is 0 Å². The highest BCUT2D eigenvalue weighted by Gasteiger charge is 2.31. The lowest BCUT2D eigenvalue weighted by Crippen LogP contribution is -2.34. The van der Waals surface area contributed by atoms with Gasteiger partial charge in [0.2, 0.25) is 0 Å². The van der Waals surface area contributed by atoms with Crippen molar-refractivity contribution >= 4 is 5.91 Å². The van der Waals surface area contributed by atoms with E-state index in [1.165, 1.54) is 30.3 Å². The van der Waals surface area contributed by atoms with E-state index >= 15 is 0 Å². The van der Waals surface area contributed by atoms with E-state index in [4.69, 9.17) is 0 Å². The number of H-pyrrole nitrogens is 2. The molecule has 7 heteroatoms. The van der Waals surface area contributed by atoms with Gasteiger partial charge in [0.25, 0.3) is 11.5 Å². The molecule has 4 rings (SSSR count). The highest BCUT2D eigenvalue weighted by Crippen LogP contribution is 2.41. The van der Waals surface area contributed by atoms with E-state index in [0.717, 1.165) is 24.7 Å². The van der Waals surface area contributed by atoms with Crippen LogP contribution in [-0.2, 0) is 12.8 Å². The molecule has 0 atom stereocenters. The predicted molar refractivity (Wildman–Crippen MR) is 78.7 cm³/mol. The number of rotatable bonds is 2. The number of hydrogen-bond acceptors (Lipinski definition) is 4. The first kappa shape index (κ1) is 13.2. The second-order valence-corrected chi connectivity index (χ2v) is 5.93. The van der Waals surface area contributed by atoms with Crippen molar-refractivity contribution in [3.63, 3.8) is 0 Å². The third-order valence-electron chi connectivity index (χ3n) is 4.39. The molecule has 2 aromatic rings. The average Bonchev–Trinajstić information content (AvgIpc) is 3.33. The van der Waals surface area contributed by atoms with Crippen LogP contribution in [0, 0.1) is 0 Å². The third-order valence-corrected chi connectivity index (χ3v) is 4.39. The molecule has 0 spiro atoms. The Balaban J connectivity index is 1.53. The number of aromatic amines is 2. The summed E-state index contributed by atoms with van der Waals surface area (Å²) in [4.78, 5) is 31.7. The van der Waals surface area contributed by atoms with Crippen LogP contribution in [0.25, 0.3) is 0 Å². The van der Waals surface area contributed by atoms with Gasteiger partial charge in [-0.05, 0) is 24.8 Å². The molecule has 2 aromatic heterocycles. The zero-order chi connectivity index (χ0) is 15.1. The monoisotopic (exact) mass is 299 g/mol. The van der Waals surface area contributed by atoms with Gasteiger partial charge in [-0.2, -0.15) is 5.10 Å². The Morgan fingerprint density at radius 2 is 2.09 bits per heavy atom. The predicted octanol–water partition coefficient (Wildman–Crippen LogP) is 0.611. The van der Waals surface area contributed by atoms with Crippen LogP contribution in [0.15, 0.2) is 17.2 Å². The average molecular weight is 299 g/mol. The number of aromatic nitrogens is 4. The molecule has 0 bridgehead atoms. The fourth-order valence-electron chi connectivity index (χ4n) is 3.03. The summed E-state index contributed by atoms with van der Waals surface area (Å²) < 4.78 is 0. The first-order valence-corrected chi connectivity index (χ1v) is 7.62. The maximum Gasteiger partial charge on any atom is 0.273 e. The van der Waals surface area contributed by atoms with Crippen LogP contribution in [0.2, 0.25) is 0 Å². The van der Waals surface area contributed by atoms with Crippen LogP contribution in [0.5, 0.6) is 0 Å². The van der Waals surface area contributed by atoms with Crippen molar-refractivity contribution in [3.05, 3.63) is 45.4 Å². The zero-order valence-electron chi connectivity index (χ0n) is 12.1. The molecule has 1 fully saturated rings. The van der Waals surface area contributed by atoms with Crippen molar-refractivity contribution in [1.29, 1.82) is 0 Å². The van der Waals surface area contributed by atoms with Gasteiger partial charge in [-0.25, -0.2) is 4.98 Å². The standard InChI is InChI=1S/C15H17N5O2/c21-13-8-16-12(7-17-13)15(22)20-5-3-10-11(4-6-20)18-19-14(10)9-1-2-9/h7-9H,1-6H2,(H,17,21)(H,18,19). The van der Waals surface area contributed by atoms with Gasteiger partial charge >= 0.3 is 0 Å². The Hall–Kier alpha value is -2.44. The highest BCUT2D eigenvalue weighted by molar-refractivity contribution is 5.92. The van der Waals surface area contributed by atoms with E-state index in [0.29, 0.717) is 19.0 Å². The summed E-state index contributed by atoms with van der Waals surface area (Å²) in [5, 5.41) is 7.60. The van der Waals surface area contributed by atoms with E-state index in [-0.39, 0.29) is 17.2 Å². The molecule has 7 nitrogen and oxygen atoms in total. The number of nitrogens with one attached hydrogen (secondary N) is 2. The van der Waals surface area contributed by atoms with Crippen LogP contribution in [-0.4, -0.2) is 44.1 Å². The summed E-state index contributed by atoms with van der Waals surface area (Å²) in [6.45, 7) is 1.30. The van der Waals surface area contributed by atoms with Gasteiger partial charge in [0.05, 0.1) is 11.9 Å². The van der Waals surface area contributed by atoms with Crippen molar-refractivity contribution in [2.75, 3.05) is 13.1 Å². The van der Waals surface area contributed by atoms with E-state index in [1.54, 1.807) is 4.90 Å². The Morgan fingerprint density at radius 1 is 1.27 bits per heavy atom. The molecule has 2 N–H and O–H groups in total. The number of fused-ring (bicyclic) bond motifs is 1. The Kier molecular flexibility index (Phi) is 3.06. The molecule has 22 heavy (non-hydrogen) atoms. The van der Waals surface area contributed by atoms with Gasteiger partial charge in [-0.15, -0.1) is 0 Å². The first-order valence-electron chi connectivity index (χ1n) is 7.62. The molecule has 0 radical (unpaired) electrons. The number of amides is 1. The van der Waals surface area contributed by atoms with Gasteiger partial charge in [0.1, 0.15) is 5.69 Å². The van der Waals surface area contributed by atoms with Crippen LogP contribution < -0.4 is 5.56 Å². The van der Waals surface area contributed by atoms with Gasteiger partial charge in [0.15, 0.2) is 0 Å². The lowest BCUT2D eigenvalue weighted by atomic mass is 10.1. The van der Waals surface area contributed by atoms with Crippen molar-refractivity contribution in [1.82, 2.24) is 25.1 Å². The minimum atomic E-state index is -0.303. The molecule has 3 heterocycles. The van der Waals surface area contributed by atoms with Gasteiger partial charge in [-0.3, -0.25) is 14.7 Å². The van der Waals surface area contributed by atoms with Gasteiger partial charge < -0.3 is 9.88 Å². The number of carbonyl (C=O) groups is 1. The maximum atomic E-state index is 12.5. The molecule has 1 aliphatic carbocycles. The SMILES string of the molecule is O=C(c1c[nH]c(=O)cn1)N1CCc2[nH]nc(C3CC3)c2CC1. The minimum Gasteiger partial charge on any atom is -0.337 e. The van der Waals surface area contributed by atoms with Crippen molar-refractivity contribution in [2.45, 2.75) is 31.6 Å². The number of carbonyl (C=O) groups excluding carboxylic acids is 1. The summed E-state index contributed by atoms with van der Waals surface area (Å²) in [6, 6.07) is 0. The summed E-state index contributed by atoms with van der Waals surface area (Å²) in [7, 11) is 0. The largest absolute Gasteiger partial charge is 0.337 e. The smallest absolute Gasteiger partial charge is 0.273 e. The van der Waals surface area contributed by atoms with Crippen LogP contribution in [0.4, 0.5) is 0 Å². The first-order chi connectivity index (χ1) is 10.7. The Labute approximate surface area is 126 Å². The fraction of sp³-hybridized carbons (Fsp3) is 0.467. The normalized spacial score (nSPS) is 17.9. The number of nitrogens with zero attached hydrogens (tertiary/aromatic N) is 3. The molecule has 0 saturated heterocycles. The summed E-state index contributed by atoms with van der Waals surface area (Å²) in [6.07, 6.45) is 6.58. The molecule has 114 valence electrons. The van der Waals surface area contributed by atoms with E-state index < -0.39 is 0 Å². The molecular formula is C15H17N5O2. The summed E-state index contributed by atoms with van der Waals surface area (Å²) in [5.41, 5.74) is 3.64.